The van der Waals surface area contributed by atoms with Gasteiger partial charge in [0.2, 0.25) is 0 Å². The molecule has 0 heterocycles. The molecule has 1 aromatic rings. The topological polar surface area (TPSA) is 63.3 Å². The summed E-state index contributed by atoms with van der Waals surface area (Å²) in [6.45, 7) is 0. The van der Waals surface area contributed by atoms with Crippen LogP contribution in [0.1, 0.15) is 15.9 Å². The van der Waals surface area contributed by atoms with Gasteiger partial charge >= 0.3 is 5.97 Å². The molecule has 0 aliphatic rings. The zero-order chi connectivity index (χ0) is 9.14. The molecule has 4 heteroatoms. The normalized spacial score (nSPS) is 9.75. The second-order valence-electron chi connectivity index (χ2n) is 2.36. The molecule has 0 spiro atoms. The number of aromatic carboxylic acids is 1. The molecular weight excluding hydrogens is 269 g/mol. The Morgan fingerprint density at radius 2 is 2.25 bits per heavy atom. The van der Waals surface area contributed by atoms with Crippen LogP contribution in [0.3, 0.4) is 0 Å². The van der Waals surface area contributed by atoms with Crippen molar-refractivity contribution in [1.29, 1.82) is 0 Å². The number of alkyl halides is 1. The molecule has 3 N–H and O–H groups in total. The lowest BCUT2D eigenvalue weighted by Crippen LogP contribution is -2.02. The van der Waals surface area contributed by atoms with Gasteiger partial charge < -0.3 is 10.8 Å². The zero-order valence-electron chi connectivity index (χ0n) is 6.25. The Labute approximate surface area is 83.7 Å². The first-order valence-corrected chi connectivity index (χ1v) is 4.85. The average molecular weight is 277 g/mol. The molecule has 12 heavy (non-hydrogen) atoms. The summed E-state index contributed by atoms with van der Waals surface area (Å²) in [6, 6.07) is 5.05. The first kappa shape index (κ1) is 9.31. The van der Waals surface area contributed by atoms with E-state index in [4.69, 9.17) is 10.8 Å². The summed E-state index contributed by atoms with van der Waals surface area (Å²) in [7, 11) is 0. The molecule has 0 bridgehead atoms. The Morgan fingerprint density at radius 1 is 1.58 bits per heavy atom. The van der Waals surface area contributed by atoms with Crippen molar-refractivity contribution in [3.63, 3.8) is 0 Å². The molecule has 3 nitrogen and oxygen atoms in total. The van der Waals surface area contributed by atoms with Gasteiger partial charge in [-0.15, -0.1) is 0 Å². The zero-order valence-corrected chi connectivity index (χ0v) is 8.41. The van der Waals surface area contributed by atoms with Crippen molar-refractivity contribution in [2.24, 2.45) is 0 Å². The minimum absolute atomic E-state index is 0.184. The van der Waals surface area contributed by atoms with Gasteiger partial charge in [0.05, 0.1) is 5.56 Å². The van der Waals surface area contributed by atoms with Gasteiger partial charge in [-0.2, -0.15) is 0 Å². The second-order valence-corrected chi connectivity index (χ2v) is 3.12. The highest BCUT2D eigenvalue weighted by atomic mass is 127. The van der Waals surface area contributed by atoms with Crippen LogP contribution in [0.4, 0.5) is 5.69 Å². The number of anilines is 1. The average Bonchev–Trinajstić information content (AvgIpc) is 2.05. The second kappa shape index (κ2) is 3.75. The number of benzene rings is 1. The monoisotopic (exact) mass is 277 g/mol. The predicted octanol–water partition coefficient (Wildman–Crippen LogP) is 1.90. The lowest BCUT2D eigenvalue weighted by molar-refractivity contribution is 0.0698. The molecule has 0 radical (unpaired) electrons. The van der Waals surface area contributed by atoms with Crippen molar-refractivity contribution in [2.45, 2.75) is 4.43 Å². The Kier molecular flexibility index (Phi) is 2.91. The number of carboxylic acids is 1. The number of hydrogen-bond donors (Lipinski definition) is 2. The van der Waals surface area contributed by atoms with E-state index in [9.17, 15) is 4.79 Å². The van der Waals surface area contributed by atoms with Crippen molar-refractivity contribution >= 4 is 34.2 Å². The highest BCUT2D eigenvalue weighted by Crippen LogP contribution is 2.15. The highest BCUT2D eigenvalue weighted by molar-refractivity contribution is 14.1. The lowest BCUT2D eigenvalue weighted by atomic mass is 10.1. The molecule has 1 aromatic carbocycles. The molecule has 0 aliphatic carbocycles. The summed E-state index contributed by atoms with van der Waals surface area (Å²) in [6.07, 6.45) is 0. The van der Waals surface area contributed by atoms with E-state index in [1.165, 1.54) is 0 Å². The number of rotatable bonds is 2. The molecule has 0 amide bonds. The summed E-state index contributed by atoms with van der Waals surface area (Å²) in [5, 5.41) is 8.70. The van der Waals surface area contributed by atoms with Crippen LogP contribution in [-0.4, -0.2) is 11.1 Å². The third-order valence-corrected chi connectivity index (χ3v) is 2.38. The molecule has 1 rings (SSSR count). The first-order chi connectivity index (χ1) is 5.65. The summed E-state index contributed by atoms with van der Waals surface area (Å²) in [5.74, 6) is -0.973. The maximum Gasteiger partial charge on any atom is 0.337 e. The standard InChI is InChI=1S/C8H8INO2/c9-4-5-1-2-7(10)6(3-5)8(11)12/h1-3H,4,10H2,(H,11,12). The van der Waals surface area contributed by atoms with Crippen LogP contribution in [0.25, 0.3) is 0 Å². The molecule has 0 aromatic heterocycles. The molecule has 0 saturated carbocycles. The quantitative estimate of drug-likeness (QED) is 0.493. The lowest BCUT2D eigenvalue weighted by Gasteiger charge is -2.01. The summed E-state index contributed by atoms with van der Waals surface area (Å²) < 4.78 is 0.790. The number of hydrogen-bond acceptors (Lipinski definition) is 2. The highest BCUT2D eigenvalue weighted by Gasteiger charge is 2.07. The van der Waals surface area contributed by atoms with E-state index < -0.39 is 5.97 Å². The van der Waals surface area contributed by atoms with Crippen LogP contribution in [0.15, 0.2) is 18.2 Å². The van der Waals surface area contributed by atoms with E-state index in [-0.39, 0.29) is 5.56 Å². The Balaban J connectivity index is 3.17. The molecule has 0 aliphatic heterocycles. The maximum absolute atomic E-state index is 10.6. The molecule has 0 saturated heterocycles. The van der Waals surface area contributed by atoms with E-state index in [1.807, 2.05) is 6.07 Å². The van der Waals surface area contributed by atoms with Crippen molar-refractivity contribution in [3.8, 4) is 0 Å². The SMILES string of the molecule is Nc1ccc(CI)cc1C(=O)O. The van der Waals surface area contributed by atoms with Crippen molar-refractivity contribution in [1.82, 2.24) is 0 Å². The minimum atomic E-state index is -0.973. The van der Waals surface area contributed by atoms with Gasteiger partial charge in [-0.1, -0.05) is 28.7 Å². The van der Waals surface area contributed by atoms with Crippen LogP contribution >= 0.6 is 22.6 Å². The van der Waals surface area contributed by atoms with Gasteiger partial charge in [-0.3, -0.25) is 0 Å². The fourth-order valence-electron chi connectivity index (χ4n) is 0.872. The largest absolute Gasteiger partial charge is 0.478 e. The maximum atomic E-state index is 10.6. The fourth-order valence-corrected chi connectivity index (χ4v) is 1.35. The minimum Gasteiger partial charge on any atom is -0.478 e. The molecule has 64 valence electrons. The third-order valence-electron chi connectivity index (χ3n) is 1.50. The van der Waals surface area contributed by atoms with Gasteiger partial charge in [0.1, 0.15) is 0 Å². The van der Waals surface area contributed by atoms with E-state index in [2.05, 4.69) is 22.6 Å². The van der Waals surface area contributed by atoms with Crippen LogP contribution < -0.4 is 5.73 Å². The van der Waals surface area contributed by atoms with E-state index >= 15 is 0 Å². The van der Waals surface area contributed by atoms with Crippen LogP contribution in [0.5, 0.6) is 0 Å². The van der Waals surface area contributed by atoms with Crippen LogP contribution in [0, 0.1) is 0 Å². The molecule has 0 fully saturated rings. The van der Waals surface area contributed by atoms with E-state index in [0.29, 0.717) is 5.69 Å². The van der Waals surface area contributed by atoms with Crippen LogP contribution in [0.2, 0.25) is 0 Å². The molecular formula is C8H8INO2. The van der Waals surface area contributed by atoms with Crippen molar-refractivity contribution in [3.05, 3.63) is 29.3 Å². The van der Waals surface area contributed by atoms with E-state index in [0.717, 1.165) is 9.99 Å². The number of nitrogen functional groups attached to an aromatic ring is 1. The Hall–Kier alpha value is -0.780. The number of carbonyl (C=O) groups is 1. The van der Waals surface area contributed by atoms with Gasteiger partial charge in [0.25, 0.3) is 0 Å². The predicted molar refractivity (Wildman–Crippen MR) is 55.5 cm³/mol. The van der Waals surface area contributed by atoms with Gasteiger partial charge in [-0.25, -0.2) is 4.79 Å². The van der Waals surface area contributed by atoms with Gasteiger partial charge in [0, 0.05) is 10.1 Å². The Bertz CT molecular complexity index is 312. The fraction of sp³-hybridized carbons (Fsp3) is 0.125. The third kappa shape index (κ3) is 1.88. The first-order valence-electron chi connectivity index (χ1n) is 3.33. The summed E-state index contributed by atoms with van der Waals surface area (Å²) in [4.78, 5) is 10.6. The number of halogens is 1. The molecule has 0 atom stereocenters. The van der Waals surface area contributed by atoms with Gasteiger partial charge in [0.15, 0.2) is 0 Å². The van der Waals surface area contributed by atoms with Crippen molar-refractivity contribution < 1.29 is 9.90 Å². The number of nitrogens with two attached hydrogens (primary N) is 1. The van der Waals surface area contributed by atoms with E-state index in [1.54, 1.807) is 12.1 Å². The van der Waals surface area contributed by atoms with Crippen molar-refractivity contribution in [2.75, 3.05) is 5.73 Å². The summed E-state index contributed by atoms with van der Waals surface area (Å²) >= 11 is 2.17. The molecule has 0 unspecified atom stereocenters. The Morgan fingerprint density at radius 3 is 2.75 bits per heavy atom. The smallest absolute Gasteiger partial charge is 0.337 e. The van der Waals surface area contributed by atoms with Crippen LogP contribution in [-0.2, 0) is 4.43 Å². The van der Waals surface area contributed by atoms with Gasteiger partial charge in [-0.05, 0) is 17.7 Å². The summed E-state index contributed by atoms with van der Waals surface area (Å²) in [5.41, 5.74) is 6.94. The number of carboxylic acid groups (broad SMARTS) is 1.